The van der Waals surface area contributed by atoms with Gasteiger partial charge in [0.15, 0.2) is 5.75 Å². The summed E-state index contributed by atoms with van der Waals surface area (Å²) >= 11 is 0. The Hall–Kier alpha value is -4.65. The lowest BCUT2D eigenvalue weighted by Gasteiger charge is -2.36. The van der Waals surface area contributed by atoms with E-state index in [0.29, 0.717) is 29.5 Å². The van der Waals surface area contributed by atoms with Crippen molar-refractivity contribution in [1.29, 1.82) is 0 Å². The maximum absolute atomic E-state index is 16.3. The zero-order valence-corrected chi connectivity index (χ0v) is 27.6. The summed E-state index contributed by atoms with van der Waals surface area (Å²) in [5, 5.41) is 0. The predicted octanol–water partition coefficient (Wildman–Crippen LogP) is 5.87. The number of benzene rings is 2. The molecule has 1 amide bonds. The average molecular weight is 661 g/mol. The molecular weight excluding hydrogens is 623 g/mol. The lowest BCUT2D eigenvalue weighted by atomic mass is 9.80. The van der Waals surface area contributed by atoms with Gasteiger partial charge in [0.2, 0.25) is 11.8 Å². The Bertz CT molecular complexity index is 1880. The van der Waals surface area contributed by atoms with Crippen molar-refractivity contribution in [3.8, 4) is 22.9 Å². The Labute approximate surface area is 273 Å². The molecule has 4 bridgehead atoms. The zero-order valence-electron chi connectivity index (χ0n) is 26.7. The van der Waals surface area contributed by atoms with Gasteiger partial charge in [-0.3, -0.25) is 4.79 Å². The number of hydrogen-bond acceptors (Lipinski definition) is 9. The van der Waals surface area contributed by atoms with Gasteiger partial charge in [-0.1, -0.05) is 43.5 Å². The predicted molar refractivity (Wildman–Crippen MR) is 173 cm³/mol. The highest BCUT2D eigenvalue weighted by Gasteiger charge is 2.33. The van der Waals surface area contributed by atoms with Crippen LogP contribution in [0.4, 0.5) is 10.3 Å². The Kier molecular flexibility index (Phi) is 9.09. The maximum atomic E-state index is 16.3. The van der Waals surface area contributed by atoms with Crippen molar-refractivity contribution in [2.45, 2.75) is 77.0 Å². The summed E-state index contributed by atoms with van der Waals surface area (Å²) in [7, 11) is -4.30. The highest BCUT2D eigenvalue weighted by molar-refractivity contribution is 7.92. The first-order valence-electron chi connectivity index (χ1n) is 15.7. The van der Waals surface area contributed by atoms with Gasteiger partial charge in [-0.15, -0.1) is 0 Å². The number of sulfonamides is 1. The number of nitrogens with zero attached hydrogens (tertiary/aromatic N) is 5. The second-order valence-electron chi connectivity index (χ2n) is 12.3. The third kappa shape index (κ3) is 7.04. The van der Waals surface area contributed by atoms with Crippen LogP contribution >= 0.6 is 0 Å². The average Bonchev–Trinajstić information content (AvgIpc) is 3.01. The van der Waals surface area contributed by atoms with E-state index < -0.39 is 33.7 Å². The highest BCUT2D eigenvalue weighted by Crippen LogP contribution is 2.35. The Morgan fingerprint density at radius 3 is 2.43 bits per heavy atom. The standard InChI is InChI=1S/C34H37FN6O5S/c1-20(2)46-26-16-36-28(37-17-26)18-41-25(14-23-10-6-11-23)19-45-32-30(35)31(29-21(3)8-5-9-22(29)4)38-34(39-32)40-47(43,44)27-13-7-12-24(15-27)33(41)42/h5,7-9,12-13,15-17,20,23,25H,6,10-11,14,18-19H2,1-4H3,(H,38,39,40)/t25-/m1/s1. The molecule has 47 heavy (non-hydrogen) atoms. The molecule has 3 heterocycles. The van der Waals surface area contributed by atoms with Crippen LogP contribution in [0, 0.1) is 25.6 Å². The first-order valence-corrected chi connectivity index (χ1v) is 17.1. The molecule has 6 rings (SSSR count). The number of hydrogen-bond donors (Lipinski definition) is 1. The van der Waals surface area contributed by atoms with Gasteiger partial charge >= 0.3 is 0 Å². The second kappa shape index (κ2) is 13.2. The molecule has 0 unspecified atom stereocenters. The highest BCUT2D eigenvalue weighted by atomic mass is 32.2. The smallest absolute Gasteiger partial charge is 0.264 e. The summed E-state index contributed by atoms with van der Waals surface area (Å²) in [6, 6.07) is 10.7. The van der Waals surface area contributed by atoms with E-state index >= 15 is 4.39 Å². The van der Waals surface area contributed by atoms with Crippen molar-refractivity contribution in [2.75, 3.05) is 11.3 Å². The Morgan fingerprint density at radius 1 is 1.06 bits per heavy atom. The van der Waals surface area contributed by atoms with Crippen LogP contribution < -0.4 is 14.2 Å². The fourth-order valence-corrected chi connectivity index (χ4v) is 6.90. The van der Waals surface area contributed by atoms with Crippen LogP contribution in [0.5, 0.6) is 11.6 Å². The molecule has 2 aliphatic rings. The van der Waals surface area contributed by atoms with Crippen molar-refractivity contribution in [3.05, 3.63) is 83.2 Å². The Morgan fingerprint density at radius 2 is 1.77 bits per heavy atom. The fraction of sp³-hybridized carbons (Fsp3) is 0.382. The molecule has 1 saturated carbocycles. The zero-order chi connectivity index (χ0) is 33.3. The van der Waals surface area contributed by atoms with Crippen LogP contribution in [-0.4, -0.2) is 57.9 Å². The quantitative estimate of drug-likeness (QED) is 0.258. The molecule has 246 valence electrons. The van der Waals surface area contributed by atoms with E-state index in [1.165, 1.54) is 18.2 Å². The summed E-state index contributed by atoms with van der Waals surface area (Å²) in [6.45, 7) is 7.34. The number of nitrogens with one attached hydrogen (secondary N) is 1. The number of amides is 1. The van der Waals surface area contributed by atoms with Crippen LogP contribution in [0.25, 0.3) is 11.3 Å². The number of rotatable bonds is 7. The Balaban J connectivity index is 1.47. The van der Waals surface area contributed by atoms with E-state index in [9.17, 15) is 13.2 Å². The number of ether oxygens (including phenoxy) is 2. The largest absolute Gasteiger partial charge is 0.488 e. The first-order chi connectivity index (χ1) is 22.5. The maximum Gasteiger partial charge on any atom is 0.264 e. The molecule has 1 aliphatic heterocycles. The van der Waals surface area contributed by atoms with Crippen molar-refractivity contribution >= 4 is 21.9 Å². The van der Waals surface area contributed by atoms with Crippen LogP contribution in [0.2, 0.25) is 0 Å². The molecule has 2 aromatic heterocycles. The summed E-state index contributed by atoms with van der Waals surface area (Å²) in [6.07, 6.45) is 6.70. The minimum Gasteiger partial charge on any atom is -0.488 e. The molecular formula is C34H37FN6O5S. The number of anilines is 1. The number of aryl methyl sites for hydroxylation is 2. The van der Waals surface area contributed by atoms with Crippen LogP contribution in [0.15, 0.2) is 59.8 Å². The molecule has 0 radical (unpaired) electrons. The van der Waals surface area contributed by atoms with Gasteiger partial charge in [-0.05, 0) is 69.4 Å². The van der Waals surface area contributed by atoms with E-state index in [1.54, 1.807) is 23.4 Å². The molecule has 1 aliphatic carbocycles. The van der Waals surface area contributed by atoms with Crippen LogP contribution in [0.1, 0.15) is 66.8 Å². The fourth-order valence-electron chi connectivity index (χ4n) is 5.91. The van der Waals surface area contributed by atoms with E-state index in [4.69, 9.17) is 9.47 Å². The van der Waals surface area contributed by atoms with E-state index in [0.717, 1.165) is 30.4 Å². The summed E-state index contributed by atoms with van der Waals surface area (Å²) < 4.78 is 57.7. The van der Waals surface area contributed by atoms with Crippen molar-refractivity contribution in [2.24, 2.45) is 5.92 Å². The van der Waals surface area contributed by atoms with Crippen molar-refractivity contribution < 1.29 is 27.1 Å². The minimum absolute atomic E-state index is 0.00191. The molecule has 0 spiro atoms. The van der Waals surface area contributed by atoms with Gasteiger partial charge in [0.05, 0.1) is 36.0 Å². The number of carbonyl (C=O) groups excluding carboxylic acids is 1. The molecule has 1 N–H and O–H groups in total. The molecule has 2 aromatic carbocycles. The van der Waals surface area contributed by atoms with Gasteiger partial charge in [-0.25, -0.2) is 28.1 Å². The van der Waals surface area contributed by atoms with E-state index in [1.807, 2.05) is 45.9 Å². The lowest BCUT2D eigenvalue weighted by Crippen LogP contribution is -2.45. The second-order valence-corrected chi connectivity index (χ2v) is 14.0. The van der Waals surface area contributed by atoms with Crippen molar-refractivity contribution in [1.82, 2.24) is 24.8 Å². The molecule has 11 nitrogen and oxygen atoms in total. The first kappa shape index (κ1) is 32.3. The molecule has 0 saturated heterocycles. The number of aromatic nitrogens is 4. The summed E-state index contributed by atoms with van der Waals surface area (Å²) in [5.41, 5.74) is 2.07. The normalized spacial score (nSPS) is 17.9. The van der Waals surface area contributed by atoms with Gasteiger partial charge in [0.1, 0.15) is 18.1 Å². The SMILES string of the molecule is Cc1cccc(C)c1-c1nc2nc(c1F)OC[C@@H](CC1CCC1)N(Cc1ncc(OC(C)C)cn1)C(=O)c1cccc(c1)S(=O)(=O)N2. The molecule has 1 atom stereocenters. The third-order valence-electron chi connectivity index (χ3n) is 8.47. The van der Waals surface area contributed by atoms with Gasteiger partial charge in [0.25, 0.3) is 21.8 Å². The molecule has 4 aromatic rings. The van der Waals surface area contributed by atoms with E-state index in [2.05, 4.69) is 24.7 Å². The summed E-state index contributed by atoms with van der Waals surface area (Å²) in [5.74, 6) is -0.843. The monoisotopic (exact) mass is 660 g/mol. The topological polar surface area (TPSA) is 136 Å². The third-order valence-corrected chi connectivity index (χ3v) is 9.79. The van der Waals surface area contributed by atoms with Gasteiger partial charge in [0, 0.05) is 11.1 Å². The molecule has 13 heteroatoms. The number of carbonyl (C=O) groups is 1. The summed E-state index contributed by atoms with van der Waals surface area (Å²) in [4.78, 5) is 33.1. The molecule has 1 fully saturated rings. The number of fused-ring (bicyclic) bond motifs is 4. The minimum atomic E-state index is -4.30. The van der Waals surface area contributed by atoms with Crippen LogP contribution in [-0.2, 0) is 16.6 Å². The van der Waals surface area contributed by atoms with Gasteiger partial charge in [-0.2, -0.15) is 9.37 Å². The van der Waals surface area contributed by atoms with Gasteiger partial charge < -0.3 is 14.4 Å². The van der Waals surface area contributed by atoms with Crippen LogP contribution in [0.3, 0.4) is 0 Å². The van der Waals surface area contributed by atoms with E-state index in [-0.39, 0.29) is 41.4 Å². The lowest BCUT2D eigenvalue weighted by molar-refractivity contribution is 0.0500. The van der Waals surface area contributed by atoms with Crippen molar-refractivity contribution in [3.63, 3.8) is 0 Å². The number of halogens is 1.